The summed E-state index contributed by atoms with van der Waals surface area (Å²) in [6.45, 7) is 4.17. The van der Waals surface area contributed by atoms with Gasteiger partial charge in [-0.1, -0.05) is 24.3 Å². The van der Waals surface area contributed by atoms with Crippen LogP contribution < -0.4 is 0 Å². The Labute approximate surface area is 125 Å². The SMILES string of the molecule is CC1(C)N=C(c2[c-]cc(F)cc2)c2ccccc21.[Ir]. The molecule has 0 unspecified atom stereocenters. The molecule has 3 heteroatoms. The van der Waals surface area contributed by atoms with Crippen LogP contribution >= 0.6 is 0 Å². The first kappa shape index (κ1) is 14.1. The second-order valence-electron chi connectivity index (χ2n) is 4.99. The molecule has 2 aromatic carbocycles. The summed E-state index contributed by atoms with van der Waals surface area (Å²) >= 11 is 0. The van der Waals surface area contributed by atoms with Gasteiger partial charge in [-0.3, -0.25) is 4.39 Å². The largest absolute Gasteiger partial charge is 0.322 e. The van der Waals surface area contributed by atoms with Crippen LogP contribution in [0.1, 0.15) is 30.5 Å². The molecule has 2 aromatic rings. The van der Waals surface area contributed by atoms with E-state index >= 15 is 0 Å². The molecular formula is C16H13FIrN-. The molecule has 99 valence electrons. The van der Waals surface area contributed by atoms with Gasteiger partial charge in [0, 0.05) is 25.9 Å². The number of benzene rings is 2. The number of aliphatic imine (C=N–C) groups is 1. The Balaban J connectivity index is 0.00000133. The number of rotatable bonds is 1. The van der Waals surface area contributed by atoms with Gasteiger partial charge < -0.3 is 4.99 Å². The second kappa shape index (κ2) is 4.99. The molecule has 3 rings (SSSR count). The summed E-state index contributed by atoms with van der Waals surface area (Å²) in [5.41, 5.74) is 3.84. The van der Waals surface area contributed by atoms with Crippen LogP contribution in [0.25, 0.3) is 0 Å². The van der Waals surface area contributed by atoms with Crippen molar-refractivity contribution in [3.63, 3.8) is 0 Å². The first-order valence-electron chi connectivity index (χ1n) is 5.95. The number of hydrogen-bond donors (Lipinski definition) is 0. The van der Waals surface area contributed by atoms with Crippen LogP contribution in [0, 0.1) is 11.9 Å². The third-order valence-electron chi connectivity index (χ3n) is 3.26. The van der Waals surface area contributed by atoms with Crippen molar-refractivity contribution in [1.82, 2.24) is 0 Å². The van der Waals surface area contributed by atoms with Gasteiger partial charge in [-0.05, 0) is 30.7 Å². The first-order chi connectivity index (χ1) is 8.58. The van der Waals surface area contributed by atoms with E-state index in [-0.39, 0.29) is 31.5 Å². The van der Waals surface area contributed by atoms with Crippen molar-refractivity contribution in [3.8, 4) is 0 Å². The van der Waals surface area contributed by atoms with Crippen molar-refractivity contribution < 1.29 is 24.5 Å². The number of hydrogen-bond acceptors (Lipinski definition) is 1. The third kappa shape index (κ3) is 2.41. The van der Waals surface area contributed by atoms with Crippen LogP contribution in [0.4, 0.5) is 4.39 Å². The van der Waals surface area contributed by atoms with E-state index in [0.29, 0.717) is 0 Å². The maximum Gasteiger partial charge on any atom is 0.0700 e. The zero-order chi connectivity index (χ0) is 12.8. The molecule has 1 heterocycles. The average Bonchev–Trinajstić information content (AvgIpc) is 2.63. The average molecular weight is 431 g/mol. The third-order valence-corrected chi connectivity index (χ3v) is 3.26. The molecular weight excluding hydrogens is 417 g/mol. The number of nitrogens with zero attached hydrogens (tertiary/aromatic N) is 1. The van der Waals surface area contributed by atoms with Gasteiger partial charge in [-0.15, -0.1) is 29.8 Å². The molecule has 0 atom stereocenters. The number of halogens is 1. The number of fused-ring (bicyclic) bond motifs is 1. The molecule has 0 spiro atoms. The van der Waals surface area contributed by atoms with Gasteiger partial charge >= 0.3 is 0 Å². The van der Waals surface area contributed by atoms with Gasteiger partial charge in [0.15, 0.2) is 0 Å². The Bertz CT molecular complexity index is 629. The van der Waals surface area contributed by atoms with Gasteiger partial charge in [0.1, 0.15) is 0 Å². The van der Waals surface area contributed by atoms with E-state index in [1.807, 2.05) is 12.1 Å². The summed E-state index contributed by atoms with van der Waals surface area (Å²) in [6.07, 6.45) is 0. The van der Waals surface area contributed by atoms with Crippen molar-refractivity contribution in [2.45, 2.75) is 19.4 Å². The van der Waals surface area contributed by atoms with Crippen LogP contribution in [0.2, 0.25) is 0 Å². The zero-order valence-corrected chi connectivity index (χ0v) is 13.1. The minimum atomic E-state index is -0.273. The van der Waals surface area contributed by atoms with E-state index in [9.17, 15) is 4.39 Å². The fraction of sp³-hybridized carbons (Fsp3) is 0.188. The summed E-state index contributed by atoms with van der Waals surface area (Å²) in [7, 11) is 0. The molecule has 0 fully saturated rings. The van der Waals surface area contributed by atoms with Crippen molar-refractivity contribution in [1.29, 1.82) is 0 Å². The van der Waals surface area contributed by atoms with Gasteiger partial charge in [0.05, 0.1) is 5.54 Å². The summed E-state index contributed by atoms with van der Waals surface area (Å²) in [6, 6.07) is 15.6. The zero-order valence-electron chi connectivity index (χ0n) is 10.7. The van der Waals surface area contributed by atoms with E-state index in [1.165, 1.54) is 17.7 Å². The molecule has 0 N–H and O–H groups in total. The summed E-state index contributed by atoms with van der Waals surface area (Å²) < 4.78 is 13.0. The molecule has 0 amide bonds. The van der Waals surface area contributed by atoms with E-state index in [0.717, 1.165) is 16.8 Å². The van der Waals surface area contributed by atoms with Crippen molar-refractivity contribution in [3.05, 3.63) is 71.0 Å². The predicted octanol–water partition coefficient (Wildman–Crippen LogP) is 3.71. The predicted molar refractivity (Wildman–Crippen MR) is 70.3 cm³/mol. The minimum Gasteiger partial charge on any atom is -0.322 e. The van der Waals surface area contributed by atoms with E-state index < -0.39 is 0 Å². The van der Waals surface area contributed by atoms with Gasteiger partial charge in [-0.2, -0.15) is 0 Å². The molecule has 1 nitrogen and oxygen atoms in total. The van der Waals surface area contributed by atoms with Crippen LogP contribution in [0.5, 0.6) is 0 Å². The first-order valence-corrected chi connectivity index (χ1v) is 5.95. The van der Waals surface area contributed by atoms with Crippen molar-refractivity contribution in [2.75, 3.05) is 0 Å². The van der Waals surface area contributed by atoms with Crippen molar-refractivity contribution >= 4 is 5.71 Å². The van der Waals surface area contributed by atoms with E-state index in [2.05, 4.69) is 32.0 Å². The van der Waals surface area contributed by atoms with E-state index in [4.69, 9.17) is 4.99 Å². The molecule has 0 bridgehead atoms. The smallest absolute Gasteiger partial charge is 0.0700 e. The molecule has 1 radical (unpaired) electrons. The quantitative estimate of drug-likeness (QED) is 0.612. The molecule has 1 aliphatic rings. The Morgan fingerprint density at radius 3 is 2.53 bits per heavy atom. The molecule has 19 heavy (non-hydrogen) atoms. The fourth-order valence-electron chi connectivity index (χ4n) is 2.38. The summed E-state index contributed by atoms with van der Waals surface area (Å²) in [5.74, 6) is -0.273. The van der Waals surface area contributed by atoms with Gasteiger partial charge in [-0.25, -0.2) is 0 Å². The summed E-state index contributed by atoms with van der Waals surface area (Å²) in [5, 5.41) is 0. The topological polar surface area (TPSA) is 12.4 Å². The van der Waals surface area contributed by atoms with Crippen LogP contribution in [0.3, 0.4) is 0 Å². The normalized spacial score (nSPS) is 15.4. The van der Waals surface area contributed by atoms with Gasteiger partial charge in [0.25, 0.3) is 0 Å². The standard InChI is InChI=1S/C16H13FN.Ir/c1-16(2)14-6-4-3-5-13(14)15(18-16)11-7-9-12(17)10-8-11;/h3-7,9-10H,1-2H3;/q-1;. The second-order valence-corrected chi connectivity index (χ2v) is 4.99. The fourth-order valence-corrected chi connectivity index (χ4v) is 2.38. The van der Waals surface area contributed by atoms with Crippen LogP contribution in [-0.2, 0) is 25.6 Å². The molecule has 0 aromatic heterocycles. The van der Waals surface area contributed by atoms with Crippen LogP contribution in [-0.4, -0.2) is 5.71 Å². The maximum absolute atomic E-state index is 13.0. The molecule has 0 aliphatic carbocycles. The Kier molecular flexibility index (Phi) is 3.71. The monoisotopic (exact) mass is 431 g/mol. The Hall–Kier alpha value is -1.31. The Morgan fingerprint density at radius 1 is 1.11 bits per heavy atom. The molecule has 0 saturated carbocycles. The maximum atomic E-state index is 13.0. The minimum absolute atomic E-state index is 0. The molecule has 0 saturated heterocycles. The van der Waals surface area contributed by atoms with Crippen LogP contribution in [0.15, 0.2) is 47.5 Å². The summed E-state index contributed by atoms with van der Waals surface area (Å²) in [4.78, 5) is 4.75. The van der Waals surface area contributed by atoms with Crippen molar-refractivity contribution in [2.24, 2.45) is 4.99 Å². The van der Waals surface area contributed by atoms with Gasteiger partial charge in [0.2, 0.25) is 0 Å². The molecule has 1 aliphatic heterocycles. The Morgan fingerprint density at radius 2 is 1.84 bits per heavy atom. The van der Waals surface area contributed by atoms with E-state index in [1.54, 1.807) is 6.07 Å².